The third-order valence-electron chi connectivity index (χ3n) is 2.29. The molecule has 2 unspecified atom stereocenters. The van der Waals surface area contributed by atoms with E-state index in [4.69, 9.17) is 0 Å². The summed E-state index contributed by atoms with van der Waals surface area (Å²) in [5.74, 6) is -0.102. The van der Waals surface area contributed by atoms with Gasteiger partial charge in [0.25, 0.3) is 0 Å². The van der Waals surface area contributed by atoms with E-state index in [1.54, 1.807) is 13.0 Å². The summed E-state index contributed by atoms with van der Waals surface area (Å²) in [5.41, 5.74) is -0.287. The van der Waals surface area contributed by atoms with Gasteiger partial charge in [-0.25, -0.2) is 8.42 Å². The molecule has 0 saturated carbocycles. The summed E-state index contributed by atoms with van der Waals surface area (Å²) >= 11 is 0. The summed E-state index contributed by atoms with van der Waals surface area (Å²) < 4.78 is 22.4. The molecule has 1 rings (SSSR count). The Kier molecular flexibility index (Phi) is 3.99. The number of hydrogen-bond acceptors (Lipinski definition) is 4. The number of rotatable bonds is 3. The lowest BCUT2D eigenvalue weighted by molar-refractivity contribution is -0.124. The third kappa shape index (κ3) is 4.87. The first kappa shape index (κ1) is 14.2. The lowest BCUT2D eigenvalue weighted by atomic mass is 10.1. The van der Waals surface area contributed by atoms with Crippen LogP contribution in [0.25, 0.3) is 0 Å². The SMILES string of the molecule is CC(NC1C=CS(=O)(=O)C1)C(=O)NC(C)(C)C. The molecule has 2 atom stereocenters. The molecule has 1 heterocycles. The van der Waals surface area contributed by atoms with Crippen molar-refractivity contribution >= 4 is 15.7 Å². The van der Waals surface area contributed by atoms with Crippen LogP contribution >= 0.6 is 0 Å². The standard InChI is InChI=1S/C11H20N2O3S/c1-8(10(14)13-11(2,3)4)12-9-5-6-17(15,16)7-9/h5-6,8-9,12H,7H2,1-4H3,(H,13,14). The zero-order valence-electron chi connectivity index (χ0n) is 10.6. The number of carbonyl (C=O) groups excluding carboxylic acids is 1. The van der Waals surface area contributed by atoms with Gasteiger partial charge in [-0.15, -0.1) is 0 Å². The van der Waals surface area contributed by atoms with Crippen LogP contribution in [-0.2, 0) is 14.6 Å². The average molecular weight is 260 g/mol. The minimum atomic E-state index is -3.08. The first-order chi connectivity index (χ1) is 7.59. The monoisotopic (exact) mass is 260 g/mol. The molecule has 6 heteroatoms. The minimum absolute atomic E-state index is 0.0279. The van der Waals surface area contributed by atoms with Crippen LogP contribution in [0.15, 0.2) is 11.5 Å². The first-order valence-electron chi connectivity index (χ1n) is 5.58. The molecule has 98 valence electrons. The van der Waals surface area contributed by atoms with E-state index in [1.807, 2.05) is 20.8 Å². The summed E-state index contributed by atoms with van der Waals surface area (Å²) in [5, 5.41) is 7.01. The van der Waals surface area contributed by atoms with Crippen molar-refractivity contribution in [1.82, 2.24) is 10.6 Å². The maximum absolute atomic E-state index is 11.8. The Morgan fingerprint density at radius 2 is 2.00 bits per heavy atom. The maximum Gasteiger partial charge on any atom is 0.237 e. The van der Waals surface area contributed by atoms with Crippen molar-refractivity contribution in [2.24, 2.45) is 0 Å². The number of carbonyl (C=O) groups is 1. The molecule has 17 heavy (non-hydrogen) atoms. The Morgan fingerprint density at radius 3 is 2.41 bits per heavy atom. The summed E-state index contributed by atoms with van der Waals surface area (Å²) in [6.45, 7) is 7.42. The van der Waals surface area contributed by atoms with Crippen molar-refractivity contribution in [2.75, 3.05) is 5.75 Å². The Morgan fingerprint density at radius 1 is 1.41 bits per heavy atom. The summed E-state index contributed by atoms with van der Waals surface area (Å²) in [6.07, 6.45) is 1.58. The largest absolute Gasteiger partial charge is 0.350 e. The normalized spacial score (nSPS) is 24.6. The van der Waals surface area contributed by atoms with E-state index >= 15 is 0 Å². The molecule has 0 radical (unpaired) electrons. The van der Waals surface area contributed by atoms with Gasteiger partial charge in [0, 0.05) is 17.0 Å². The van der Waals surface area contributed by atoms with E-state index in [0.717, 1.165) is 0 Å². The predicted molar refractivity (Wildman–Crippen MR) is 67.2 cm³/mol. The number of amides is 1. The quantitative estimate of drug-likeness (QED) is 0.759. The molecule has 0 aromatic rings. The van der Waals surface area contributed by atoms with Crippen molar-refractivity contribution in [3.8, 4) is 0 Å². The van der Waals surface area contributed by atoms with Crippen LogP contribution in [0, 0.1) is 0 Å². The van der Waals surface area contributed by atoms with Crippen molar-refractivity contribution in [1.29, 1.82) is 0 Å². The number of sulfone groups is 1. The van der Waals surface area contributed by atoms with Crippen molar-refractivity contribution in [3.63, 3.8) is 0 Å². The zero-order valence-corrected chi connectivity index (χ0v) is 11.5. The van der Waals surface area contributed by atoms with Crippen LogP contribution in [0.5, 0.6) is 0 Å². The molecule has 0 fully saturated rings. The first-order valence-corrected chi connectivity index (χ1v) is 7.30. The van der Waals surface area contributed by atoms with Gasteiger partial charge in [-0.2, -0.15) is 0 Å². The van der Waals surface area contributed by atoms with Crippen LogP contribution in [0.4, 0.5) is 0 Å². The van der Waals surface area contributed by atoms with Gasteiger partial charge < -0.3 is 5.32 Å². The van der Waals surface area contributed by atoms with Crippen LogP contribution < -0.4 is 10.6 Å². The second kappa shape index (κ2) is 4.78. The predicted octanol–water partition coefficient (Wildman–Crippen LogP) is 0.190. The van der Waals surface area contributed by atoms with Crippen molar-refractivity contribution in [3.05, 3.63) is 11.5 Å². The highest BCUT2D eigenvalue weighted by atomic mass is 32.2. The second-order valence-electron chi connectivity index (χ2n) is 5.39. The Bertz CT molecular complexity index is 420. The van der Waals surface area contributed by atoms with Crippen LogP contribution in [-0.4, -0.2) is 37.7 Å². The second-order valence-corrected chi connectivity index (χ2v) is 7.32. The molecule has 1 aliphatic heterocycles. The molecule has 0 aliphatic carbocycles. The van der Waals surface area contributed by atoms with Gasteiger partial charge in [0.05, 0.1) is 11.8 Å². The van der Waals surface area contributed by atoms with Crippen molar-refractivity contribution in [2.45, 2.75) is 45.3 Å². The molecule has 5 nitrogen and oxygen atoms in total. The molecule has 0 aromatic heterocycles. The molecule has 1 aliphatic rings. The smallest absolute Gasteiger partial charge is 0.237 e. The Hall–Kier alpha value is -0.880. The van der Waals surface area contributed by atoms with Gasteiger partial charge in [-0.05, 0) is 27.7 Å². The van der Waals surface area contributed by atoms with Crippen molar-refractivity contribution < 1.29 is 13.2 Å². The van der Waals surface area contributed by atoms with E-state index in [0.29, 0.717) is 0 Å². The number of hydrogen-bond donors (Lipinski definition) is 2. The lowest BCUT2D eigenvalue weighted by Gasteiger charge is -2.24. The highest BCUT2D eigenvalue weighted by Crippen LogP contribution is 2.09. The van der Waals surface area contributed by atoms with E-state index < -0.39 is 15.9 Å². The van der Waals surface area contributed by atoms with E-state index in [2.05, 4.69) is 10.6 Å². The molecule has 0 bridgehead atoms. The van der Waals surface area contributed by atoms with Crippen LogP contribution in [0.2, 0.25) is 0 Å². The fourth-order valence-electron chi connectivity index (χ4n) is 1.55. The lowest BCUT2D eigenvalue weighted by Crippen LogP contribution is -2.51. The average Bonchev–Trinajstić information content (AvgIpc) is 2.42. The third-order valence-corrected chi connectivity index (χ3v) is 3.68. The minimum Gasteiger partial charge on any atom is -0.350 e. The van der Waals surface area contributed by atoms with Gasteiger partial charge in [0.1, 0.15) is 0 Å². The fourth-order valence-corrected chi connectivity index (χ4v) is 2.80. The Labute approximate surface area is 103 Å². The summed E-state index contributed by atoms with van der Waals surface area (Å²) in [6, 6.07) is -0.696. The van der Waals surface area contributed by atoms with Crippen LogP contribution in [0.1, 0.15) is 27.7 Å². The molecule has 0 aromatic carbocycles. The molecule has 2 N–H and O–H groups in total. The Balaban J connectivity index is 2.48. The zero-order chi connectivity index (χ0) is 13.3. The van der Waals surface area contributed by atoms with Gasteiger partial charge in [0.15, 0.2) is 9.84 Å². The summed E-state index contributed by atoms with van der Waals surface area (Å²) in [7, 11) is -3.08. The number of nitrogens with one attached hydrogen (secondary N) is 2. The highest BCUT2D eigenvalue weighted by molar-refractivity contribution is 7.94. The molecular formula is C11H20N2O3S. The van der Waals surface area contributed by atoms with E-state index in [-0.39, 0.29) is 23.2 Å². The van der Waals surface area contributed by atoms with E-state index in [1.165, 1.54) is 5.41 Å². The topological polar surface area (TPSA) is 75.3 Å². The highest BCUT2D eigenvalue weighted by Gasteiger charge is 2.26. The molecule has 0 saturated heterocycles. The van der Waals surface area contributed by atoms with Gasteiger partial charge in [0.2, 0.25) is 5.91 Å². The van der Waals surface area contributed by atoms with Crippen LogP contribution in [0.3, 0.4) is 0 Å². The van der Waals surface area contributed by atoms with E-state index in [9.17, 15) is 13.2 Å². The summed E-state index contributed by atoms with van der Waals surface area (Å²) in [4.78, 5) is 11.8. The van der Waals surface area contributed by atoms with Gasteiger partial charge >= 0.3 is 0 Å². The van der Waals surface area contributed by atoms with Gasteiger partial charge in [-0.3, -0.25) is 10.1 Å². The maximum atomic E-state index is 11.8. The molecule has 0 spiro atoms. The molecular weight excluding hydrogens is 240 g/mol. The fraction of sp³-hybridized carbons (Fsp3) is 0.727. The molecule has 1 amide bonds. The van der Waals surface area contributed by atoms with Gasteiger partial charge in [-0.1, -0.05) is 6.08 Å².